The van der Waals surface area contributed by atoms with Gasteiger partial charge in [-0.25, -0.2) is 0 Å². The zero-order valence-corrected chi connectivity index (χ0v) is 11.3. The van der Waals surface area contributed by atoms with E-state index in [4.69, 9.17) is 9.84 Å². The maximum Gasteiger partial charge on any atom is 0.220 e. The molecule has 2 N–H and O–H groups in total. The lowest BCUT2D eigenvalue weighted by atomic mass is 9.89. The molecule has 0 spiro atoms. The van der Waals surface area contributed by atoms with Crippen LogP contribution in [0.25, 0.3) is 0 Å². The van der Waals surface area contributed by atoms with E-state index in [2.05, 4.69) is 5.32 Å². The van der Waals surface area contributed by atoms with Gasteiger partial charge in [0.05, 0.1) is 12.7 Å². The average molecular weight is 263 g/mol. The highest BCUT2D eigenvalue weighted by Crippen LogP contribution is 2.19. The normalized spacial score (nSPS) is 21.6. The Hall–Kier alpha value is -1.55. The molecule has 1 aromatic carbocycles. The molecule has 0 unspecified atom stereocenters. The van der Waals surface area contributed by atoms with Gasteiger partial charge in [0.1, 0.15) is 5.75 Å². The number of rotatable bonds is 6. The molecule has 0 atom stereocenters. The largest absolute Gasteiger partial charge is 0.494 e. The summed E-state index contributed by atoms with van der Waals surface area (Å²) in [6.45, 7) is 2.57. The second-order valence-corrected chi connectivity index (χ2v) is 5.16. The molecule has 1 saturated carbocycles. The topological polar surface area (TPSA) is 58.6 Å². The summed E-state index contributed by atoms with van der Waals surface area (Å²) in [7, 11) is 0. The number of benzene rings is 1. The molecular weight excluding hydrogens is 242 g/mol. The van der Waals surface area contributed by atoms with Gasteiger partial charge >= 0.3 is 0 Å². The molecule has 0 heterocycles. The maximum absolute atomic E-state index is 11.6. The summed E-state index contributed by atoms with van der Waals surface area (Å²) in [5.74, 6) is 0.896. The van der Waals surface area contributed by atoms with Crippen LogP contribution in [0.1, 0.15) is 31.2 Å². The van der Waals surface area contributed by atoms with Gasteiger partial charge in [0.15, 0.2) is 0 Å². The molecule has 104 valence electrons. The van der Waals surface area contributed by atoms with Crippen molar-refractivity contribution in [2.75, 3.05) is 6.61 Å². The van der Waals surface area contributed by atoms with Gasteiger partial charge in [-0.3, -0.25) is 4.79 Å². The van der Waals surface area contributed by atoms with Gasteiger partial charge in [-0.1, -0.05) is 12.1 Å². The summed E-state index contributed by atoms with van der Waals surface area (Å²) in [4.78, 5) is 11.6. The predicted octanol–water partition coefficient (Wildman–Crippen LogP) is 1.79. The van der Waals surface area contributed by atoms with Gasteiger partial charge < -0.3 is 15.2 Å². The van der Waals surface area contributed by atoms with Crippen LogP contribution in [0, 0.1) is 6.92 Å². The molecule has 19 heavy (non-hydrogen) atoms. The number of nitrogens with one attached hydrogen (secondary N) is 1. The second kappa shape index (κ2) is 6.57. The fourth-order valence-corrected chi connectivity index (χ4v) is 2.13. The minimum absolute atomic E-state index is 0.0461. The number of aliphatic hydroxyl groups is 1. The second-order valence-electron chi connectivity index (χ2n) is 5.16. The van der Waals surface area contributed by atoms with Crippen molar-refractivity contribution in [3.05, 3.63) is 29.8 Å². The highest BCUT2D eigenvalue weighted by Gasteiger charge is 2.27. The third-order valence-electron chi connectivity index (χ3n) is 3.28. The zero-order valence-electron chi connectivity index (χ0n) is 11.3. The van der Waals surface area contributed by atoms with E-state index in [1.54, 1.807) is 0 Å². The van der Waals surface area contributed by atoms with Crippen LogP contribution in [0.3, 0.4) is 0 Å². The number of aliphatic hydroxyl groups excluding tert-OH is 1. The van der Waals surface area contributed by atoms with Crippen molar-refractivity contribution in [1.29, 1.82) is 0 Å². The summed E-state index contributed by atoms with van der Waals surface area (Å²) >= 11 is 0. The smallest absolute Gasteiger partial charge is 0.220 e. The first-order valence-electron chi connectivity index (χ1n) is 6.80. The molecule has 0 bridgehead atoms. The molecule has 0 aromatic heterocycles. The first-order chi connectivity index (χ1) is 9.13. The van der Waals surface area contributed by atoms with Gasteiger partial charge in [-0.15, -0.1) is 0 Å². The van der Waals surface area contributed by atoms with E-state index >= 15 is 0 Å². The van der Waals surface area contributed by atoms with Gasteiger partial charge in [0.2, 0.25) is 5.91 Å². The summed E-state index contributed by atoms with van der Waals surface area (Å²) in [5.41, 5.74) is 1.17. The Morgan fingerprint density at radius 3 is 2.95 bits per heavy atom. The summed E-state index contributed by atoms with van der Waals surface area (Å²) in [6, 6.07) is 8.05. The molecule has 2 rings (SSSR count). The van der Waals surface area contributed by atoms with Crippen molar-refractivity contribution >= 4 is 5.91 Å². The number of amides is 1. The minimum atomic E-state index is -0.227. The van der Waals surface area contributed by atoms with Crippen LogP contribution >= 0.6 is 0 Å². The maximum atomic E-state index is 11.6. The lowest BCUT2D eigenvalue weighted by Gasteiger charge is -2.31. The quantitative estimate of drug-likeness (QED) is 0.769. The zero-order chi connectivity index (χ0) is 13.7. The Balaban J connectivity index is 1.57. The monoisotopic (exact) mass is 263 g/mol. The van der Waals surface area contributed by atoms with Gasteiger partial charge in [0.25, 0.3) is 0 Å². The van der Waals surface area contributed by atoms with Crippen molar-refractivity contribution in [3.63, 3.8) is 0 Å². The molecule has 1 aliphatic rings. The first-order valence-corrected chi connectivity index (χ1v) is 6.80. The van der Waals surface area contributed by atoms with E-state index in [1.165, 1.54) is 5.56 Å². The summed E-state index contributed by atoms with van der Waals surface area (Å²) in [5, 5.41) is 12.0. The summed E-state index contributed by atoms with van der Waals surface area (Å²) in [6.07, 6.45) is 2.32. The SMILES string of the molecule is Cc1cccc(OCCCC(=O)NC2CC(O)C2)c1. The molecule has 1 aliphatic carbocycles. The number of aryl methyl sites for hydroxylation is 1. The van der Waals surface area contributed by atoms with Crippen LogP contribution in [0.4, 0.5) is 0 Å². The van der Waals surface area contributed by atoms with Crippen LogP contribution in [0.5, 0.6) is 5.75 Å². The van der Waals surface area contributed by atoms with Crippen LogP contribution in [-0.2, 0) is 4.79 Å². The highest BCUT2D eigenvalue weighted by molar-refractivity contribution is 5.76. The Morgan fingerprint density at radius 2 is 2.26 bits per heavy atom. The van der Waals surface area contributed by atoms with Crippen molar-refractivity contribution in [1.82, 2.24) is 5.32 Å². The Bertz CT molecular complexity index is 427. The van der Waals surface area contributed by atoms with E-state index in [0.717, 1.165) is 5.75 Å². The molecule has 0 aliphatic heterocycles. The molecule has 1 amide bonds. The number of hydrogen-bond acceptors (Lipinski definition) is 3. The number of carbonyl (C=O) groups excluding carboxylic acids is 1. The molecule has 1 fully saturated rings. The third kappa shape index (κ3) is 4.56. The van der Waals surface area contributed by atoms with Crippen LogP contribution in [0.2, 0.25) is 0 Å². The van der Waals surface area contributed by atoms with E-state index in [0.29, 0.717) is 32.3 Å². The molecule has 4 nitrogen and oxygen atoms in total. The van der Waals surface area contributed by atoms with Gasteiger partial charge in [-0.05, 0) is 43.9 Å². The van der Waals surface area contributed by atoms with Crippen LogP contribution in [0.15, 0.2) is 24.3 Å². The summed E-state index contributed by atoms with van der Waals surface area (Å²) < 4.78 is 5.58. The van der Waals surface area contributed by atoms with E-state index in [9.17, 15) is 4.79 Å². The molecule has 1 aromatic rings. The van der Waals surface area contributed by atoms with Crippen molar-refractivity contribution < 1.29 is 14.6 Å². The van der Waals surface area contributed by atoms with E-state index in [1.807, 2.05) is 31.2 Å². The van der Waals surface area contributed by atoms with Crippen LogP contribution in [-0.4, -0.2) is 29.8 Å². The van der Waals surface area contributed by atoms with Crippen molar-refractivity contribution in [3.8, 4) is 5.75 Å². The molecular formula is C15H21NO3. The molecule has 4 heteroatoms. The Kier molecular flexibility index (Phi) is 4.80. The number of hydrogen-bond donors (Lipinski definition) is 2. The molecule has 0 saturated heterocycles. The lowest BCUT2D eigenvalue weighted by Crippen LogP contribution is -2.46. The first kappa shape index (κ1) is 13.9. The van der Waals surface area contributed by atoms with Gasteiger partial charge in [0, 0.05) is 12.5 Å². The highest BCUT2D eigenvalue weighted by atomic mass is 16.5. The third-order valence-corrected chi connectivity index (χ3v) is 3.28. The van der Waals surface area contributed by atoms with Gasteiger partial charge in [-0.2, -0.15) is 0 Å². The predicted molar refractivity (Wildman–Crippen MR) is 73.1 cm³/mol. The van der Waals surface area contributed by atoms with Crippen LogP contribution < -0.4 is 10.1 Å². The number of ether oxygens (including phenoxy) is 1. The van der Waals surface area contributed by atoms with E-state index < -0.39 is 0 Å². The van der Waals surface area contributed by atoms with E-state index in [-0.39, 0.29) is 18.1 Å². The lowest BCUT2D eigenvalue weighted by molar-refractivity contribution is -0.123. The Labute approximate surface area is 113 Å². The van der Waals surface area contributed by atoms with Crippen molar-refractivity contribution in [2.24, 2.45) is 0 Å². The standard InChI is InChI=1S/C15H21NO3/c1-11-4-2-5-14(8-11)19-7-3-6-15(18)16-12-9-13(17)10-12/h2,4-5,8,12-13,17H,3,6-7,9-10H2,1H3,(H,16,18). The average Bonchev–Trinajstić information content (AvgIpc) is 2.33. The molecule has 0 radical (unpaired) electrons. The fraction of sp³-hybridized carbons (Fsp3) is 0.533. The number of carbonyl (C=O) groups is 1. The minimum Gasteiger partial charge on any atom is -0.494 e. The van der Waals surface area contributed by atoms with Crippen molar-refractivity contribution in [2.45, 2.75) is 44.8 Å². The Morgan fingerprint density at radius 1 is 1.47 bits per heavy atom. The fourth-order valence-electron chi connectivity index (χ4n) is 2.13.